The normalized spacial score (nSPS) is 10.7. The molecule has 7 aromatic carbocycles. The summed E-state index contributed by atoms with van der Waals surface area (Å²) < 4.78 is 0. The summed E-state index contributed by atoms with van der Waals surface area (Å²) in [6, 6.07) is 43.1. The van der Waals surface area contributed by atoms with Crippen LogP contribution in [0.1, 0.15) is 63.7 Å². The molecule has 298 valence electrons. The van der Waals surface area contributed by atoms with Crippen LogP contribution in [0.3, 0.4) is 0 Å². The summed E-state index contributed by atoms with van der Waals surface area (Å²) in [5.74, 6) is -1.08. The third-order valence-electron chi connectivity index (χ3n) is 10.2. The van der Waals surface area contributed by atoms with E-state index in [9.17, 15) is 19.2 Å². The topological polar surface area (TPSA) is 168 Å². The molecule has 0 unspecified atom stereocenters. The smallest absolute Gasteiger partial charge is 0.255 e. The van der Waals surface area contributed by atoms with Gasteiger partial charge >= 0.3 is 0 Å². The molecule has 0 radical (unpaired) electrons. The molecule has 0 spiro atoms. The maximum absolute atomic E-state index is 13.2. The van der Waals surface area contributed by atoms with Crippen LogP contribution in [0.4, 0.5) is 34.1 Å². The minimum absolute atomic E-state index is 0.239. The van der Waals surface area contributed by atoms with Crippen molar-refractivity contribution in [1.82, 2.24) is 0 Å². The molecule has 0 aliphatic heterocycles. The number of aryl methyl sites for hydroxylation is 4. The first-order valence-corrected chi connectivity index (χ1v) is 19.3. The summed E-state index contributed by atoms with van der Waals surface area (Å²) in [5, 5.41) is 11.8. The predicted molar refractivity (Wildman–Crippen MR) is 243 cm³/mol. The van der Waals surface area contributed by atoms with Crippen LogP contribution < -0.4 is 32.7 Å². The zero-order valence-electron chi connectivity index (χ0n) is 33.6. The van der Waals surface area contributed by atoms with Gasteiger partial charge in [0.2, 0.25) is 0 Å². The fraction of sp³-hybridized carbons (Fsp3) is 0.0800. The Kier molecular flexibility index (Phi) is 11.6. The Morgan fingerprint density at radius 3 is 0.850 bits per heavy atom. The van der Waals surface area contributed by atoms with Gasteiger partial charge in [0.05, 0.1) is 0 Å². The number of nitrogen functional groups attached to an aromatic ring is 2. The monoisotopic (exact) mass is 792 g/mol. The van der Waals surface area contributed by atoms with Gasteiger partial charge in [0.1, 0.15) is 0 Å². The fourth-order valence-corrected chi connectivity index (χ4v) is 7.12. The number of carbonyl (C=O) groups is 4. The molecule has 0 fully saturated rings. The Labute approximate surface area is 348 Å². The van der Waals surface area contributed by atoms with Crippen LogP contribution in [0.5, 0.6) is 0 Å². The number of benzene rings is 7. The van der Waals surface area contributed by atoms with Crippen molar-refractivity contribution in [2.24, 2.45) is 0 Å². The third kappa shape index (κ3) is 9.25. The quantitative estimate of drug-likeness (QED) is 0.0754. The SMILES string of the molecule is Cc1cc(NC(=O)c2ccc(C(=O)Nc3ccc(-c4ccc(NC(=O)c5cccc(N)c5)cc4C)c(C)c3)cc2)ccc1-c1ccc(NC(=O)c2cccc(N)c2)cc1C. The van der Waals surface area contributed by atoms with E-state index in [0.717, 1.165) is 44.5 Å². The van der Waals surface area contributed by atoms with E-state index in [2.05, 4.69) is 21.3 Å². The number of rotatable bonds is 10. The lowest BCUT2D eigenvalue weighted by atomic mass is 9.95. The molecule has 0 saturated carbocycles. The van der Waals surface area contributed by atoms with Gasteiger partial charge in [-0.3, -0.25) is 19.2 Å². The molecule has 60 heavy (non-hydrogen) atoms. The molecule has 4 amide bonds. The molecule has 0 atom stereocenters. The molecular weight excluding hydrogens is 749 g/mol. The minimum Gasteiger partial charge on any atom is -0.399 e. The molecule has 8 N–H and O–H groups in total. The molecule has 10 nitrogen and oxygen atoms in total. The van der Waals surface area contributed by atoms with E-state index in [4.69, 9.17) is 11.5 Å². The molecule has 10 heteroatoms. The molecule has 0 aliphatic rings. The summed E-state index contributed by atoms with van der Waals surface area (Å²) in [6.07, 6.45) is 0. The average molecular weight is 793 g/mol. The highest BCUT2D eigenvalue weighted by molar-refractivity contribution is 6.08. The van der Waals surface area contributed by atoms with Crippen molar-refractivity contribution in [3.05, 3.63) is 190 Å². The molecular formula is C50H44N6O4. The molecule has 0 aromatic heterocycles. The highest BCUT2D eigenvalue weighted by Gasteiger charge is 2.15. The second-order valence-electron chi connectivity index (χ2n) is 14.8. The van der Waals surface area contributed by atoms with Crippen LogP contribution in [0.2, 0.25) is 0 Å². The lowest BCUT2D eigenvalue weighted by molar-refractivity contribution is 0.101. The van der Waals surface area contributed by atoms with Crippen LogP contribution in [0.15, 0.2) is 146 Å². The van der Waals surface area contributed by atoms with Crippen LogP contribution in [0, 0.1) is 27.7 Å². The molecule has 0 heterocycles. The predicted octanol–water partition coefficient (Wildman–Crippen LogP) is 10.4. The molecule has 0 saturated heterocycles. The Morgan fingerprint density at radius 2 is 0.600 bits per heavy atom. The second-order valence-corrected chi connectivity index (χ2v) is 14.8. The van der Waals surface area contributed by atoms with Crippen molar-refractivity contribution in [2.45, 2.75) is 27.7 Å². The summed E-state index contributed by atoms with van der Waals surface area (Å²) in [4.78, 5) is 51.9. The van der Waals surface area contributed by atoms with Crippen LogP contribution >= 0.6 is 0 Å². The highest BCUT2D eigenvalue weighted by Crippen LogP contribution is 2.32. The van der Waals surface area contributed by atoms with Gasteiger partial charge in [0.25, 0.3) is 23.6 Å². The van der Waals surface area contributed by atoms with Gasteiger partial charge in [-0.2, -0.15) is 0 Å². The average Bonchev–Trinajstić information content (AvgIpc) is 3.22. The van der Waals surface area contributed by atoms with Crippen molar-refractivity contribution in [2.75, 3.05) is 32.7 Å². The van der Waals surface area contributed by atoms with Gasteiger partial charge < -0.3 is 32.7 Å². The van der Waals surface area contributed by atoms with Gasteiger partial charge in [0, 0.05) is 56.4 Å². The van der Waals surface area contributed by atoms with Crippen LogP contribution in [-0.4, -0.2) is 23.6 Å². The highest BCUT2D eigenvalue weighted by atomic mass is 16.2. The molecule has 0 bridgehead atoms. The lowest BCUT2D eigenvalue weighted by Gasteiger charge is -2.14. The van der Waals surface area contributed by atoms with Crippen molar-refractivity contribution >= 4 is 57.8 Å². The van der Waals surface area contributed by atoms with E-state index in [-0.39, 0.29) is 23.6 Å². The molecule has 0 aliphatic carbocycles. The van der Waals surface area contributed by atoms with Gasteiger partial charge in [0.15, 0.2) is 0 Å². The third-order valence-corrected chi connectivity index (χ3v) is 10.2. The Balaban J connectivity index is 0.946. The number of nitrogens with one attached hydrogen (secondary N) is 4. The number of carbonyl (C=O) groups excluding carboxylic acids is 4. The number of amides is 4. The first-order chi connectivity index (χ1) is 28.8. The van der Waals surface area contributed by atoms with E-state index < -0.39 is 0 Å². The fourth-order valence-electron chi connectivity index (χ4n) is 7.12. The summed E-state index contributed by atoms with van der Waals surface area (Å²) in [6.45, 7) is 7.93. The van der Waals surface area contributed by atoms with Gasteiger partial charge in [-0.15, -0.1) is 0 Å². The standard InChI is InChI=1S/C50H44N6O4/c1-29-23-39(15-19-43(29)45-21-17-41(25-31(45)3)55-49(59)35-7-5-9-37(51)27-35)53-47(57)33-11-13-34(14-12-33)48(58)54-40-16-20-44(30(2)24-40)46-22-18-42(26-32(46)4)56-50(60)36-8-6-10-38(52)28-36/h5-28H,51-52H2,1-4H3,(H,53,57)(H,54,58)(H,55,59)(H,56,60). The summed E-state index contributed by atoms with van der Waals surface area (Å²) in [5.41, 5.74) is 25.0. The summed E-state index contributed by atoms with van der Waals surface area (Å²) in [7, 11) is 0. The van der Waals surface area contributed by atoms with Gasteiger partial charge in [-0.1, -0.05) is 36.4 Å². The summed E-state index contributed by atoms with van der Waals surface area (Å²) >= 11 is 0. The van der Waals surface area contributed by atoms with E-state index >= 15 is 0 Å². The number of hydrogen-bond donors (Lipinski definition) is 6. The molecule has 7 aromatic rings. The lowest BCUT2D eigenvalue weighted by Crippen LogP contribution is -2.14. The Hall–Kier alpha value is -7.98. The first-order valence-electron chi connectivity index (χ1n) is 19.3. The number of nitrogens with two attached hydrogens (primary N) is 2. The van der Waals surface area contributed by atoms with E-state index in [1.54, 1.807) is 72.8 Å². The zero-order valence-corrected chi connectivity index (χ0v) is 33.6. The maximum atomic E-state index is 13.2. The first kappa shape index (κ1) is 40.2. The molecule has 7 rings (SSSR count). The van der Waals surface area contributed by atoms with Crippen molar-refractivity contribution in [3.8, 4) is 22.3 Å². The van der Waals surface area contributed by atoms with Gasteiger partial charge in [-0.05, 0) is 181 Å². The maximum Gasteiger partial charge on any atom is 0.255 e. The van der Waals surface area contributed by atoms with E-state index in [1.165, 1.54) is 0 Å². The van der Waals surface area contributed by atoms with Crippen LogP contribution in [0.25, 0.3) is 22.3 Å². The van der Waals surface area contributed by atoms with Crippen molar-refractivity contribution in [3.63, 3.8) is 0 Å². The largest absolute Gasteiger partial charge is 0.399 e. The van der Waals surface area contributed by atoms with Crippen molar-refractivity contribution < 1.29 is 19.2 Å². The zero-order chi connectivity index (χ0) is 42.5. The Morgan fingerprint density at radius 1 is 0.333 bits per heavy atom. The second kappa shape index (κ2) is 17.3. The van der Waals surface area contributed by atoms with E-state index in [1.807, 2.05) is 100 Å². The van der Waals surface area contributed by atoms with Crippen LogP contribution in [-0.2, 0) is 0 Å². The Bertz CT molecular complexity index is 2620. The minimum atomic E-state index is -0.302. The number of hydrogen-bond acceptors (Lipinski definition) is 6. The van der Waals surface area contributed by atoms with E-state index in [0.29, 0.717) is 56.4 Å². The van der Waals surface area contributed by atoms with Gasteiger partial charge in [-0.25, -0.2) is 0 Å². The number of anilines is 6. The van der Waals surface area contributed by atoms with Crippen molar-refractivity contribution in [1.29, 1.82) is 0 Å².